The number of hydrogen-bond donors (Lipinski definition) is 1. The van der Waals surface area contributed by atoms with Gasteiger partial charge in [0.05, 0.1) is 12.4 Å². The van der Waals surface area contributed by atoms with Crippen molar-refractivity contribution in [2.75, 3.05) is 38.8 Å². The number of halogens is 1. The van der Waals surface area contributed by atoms with Crippen LogP contribution in [0.5, 0.6) is 0 Å². The van der Waals surface area contributed by atoms with E-state index >= 15 is 0 Å². The molecule has 1 aromatic carbocycles. The van der Waals surface area contributed by atoms with Crippen molar-refractivity contribution in [1.82, 2.24) is 5.32 Å². The minimum absolute atomic E-state index is 0.202. The maximum atomic E-state index is 11.4. The van der Waals surface area contributed by atoms with E-state index in [0.717, 1.165) is 30.1 Å². The summed E-state index contributed by atoms with van der Waals surface area (Å²) in [7, 11) is -1.28. The zero-order valence-electron chi connectivity index (χ0n) is 12.6. The highest BCUT2D eigenvalue weighted by Crippen LogP contribution is 2.20. The van der Waals surface area contributed by atoms with Gasteiger partial charge in [-0.3, -0.25) is 0 Å². The van der Waals surface area contributed by atoms with Crippen molar-refractivity contribution in [3.05, 3.63) is 34.9 Å². The molecule has 0 saturated carbocycles. The van der Waals surface area contributed by atoms with E-state index < -0.39 is 9.84 Å². The Labute approximate surface area is 132 Å². The Morgan fingerprint density at radius 2 is 2.05 bits per heavy atom. The number of hydrogen-bond acceptors (Lipinski definition) is 4. The third-order valence-electron chi connectivity index (χ3n) is 3.28. The number of rotatable bonds is 10. The minimum Gasteiger partial charge on any atom is -0.383 e. The molecule has 120 valence electrons. The molecule has 4 nitrogen and oxygen atoms in total. The van der Waals surface area contributed by atoms with Crippen LogP contribution in [0.4, 0.5) is 0 Å². The van der Waals surface area contributed by atoms with E-state index in [4.69, 9.17) is 16.3 Å². The van der Waals surface area contributed by atoms with Gasteiger partial charge in [-0.2, -0.15) is 0 Å². The summed E-state index contributed by atoms with van der Waals surface area (Å²) in [6, 6.07) is 7.70. The highest BCUT2D eigenvalue weighted by atomic mass is 35.5. The lowest BCUT2D eigenvalue weighted by Gasteiger charge is -2.18. The van der Waals surface area contributed by atoms with E-state index in [1.54, 1.807) is 7.11 Å². The zero-order chi connectivity index (χ0) is 15.7. The molecule has 0 spiro atoms. The van der Waals surface area contributed by atoms with Gasteiger partial charge in [-0.1, -0.05) is 29.8 Å². The second-order valence-corrected chi connectivity index (χ2v) is 7.94. The predicted octanol–water partition coefficient (Wildman–Crippen LogP) is 2.17. The highest BCUT2D eigenvalue weighted by molar-refractivity contribution is 7.90. The molecule has 0 heterocycles. The van der Waals surface area contributed by atoms with E-state index in [1.165, 1.54) is 6.26 Å². The molecule has 6 heteroatoms. The Morgan fingerprint density at radius 1 is 1.33 bits per heavy atom. The Morgan fingerprint density at radius 3 is 2.67 bits per heavy atom. The van der Waals surface area contributed by atoms with Gasteiger partial charge in [0, 0.05) is 24.9 Å². The Balaban J connectivity index is 2.60. The Hall–Kier alpha value is -0.620. The molecule has 1 atom stereocenters. The van der Waals surface area contributed by atoms with E-state index in [0.29, 0.717) is 13.0 Å². The van der Waals surface area contributed by atoms with Crippen LogP contribution in [0.1, 0.15) is 12.0 Å². The molecule has 0 bridgehead atoms. The summed E-state index contributed by atoms with van der Waals surface area (Å²) in [6.07, 6.45) is 2.68. The highest BCUT2D eigenvalue weighted by Gasteiger charge is 2.14. The van der Waals surface area contributed by atoms with Gasteiger partial charge in [0.1, 0.15) is 9.84 Å². The van der Waals surface area contributed by atoms with Crippen LogP contribution in [0.3, 0.4) is 0 Å². The number of sulfone groups is 1. The molecule has 1 N–H and O–H groups in total. The summed E-state index contributed by atoms with van der Waals surface area (Å²) >= 11 is 6.18. The molecule has 1 unspecified atom stereocenters. The fourth-order valence-electron chi connectivity index (χ4n) is 2.11. The Bertz CT molecular complexity index is 519. The van der Waals surface area contributed by atoms with E-state index in [-0.39, 0.29) is 11.7 Å². The topological polar surface area (TPSA) is 55.4 Å². The summed E-state index contributed by atoms with van der Waals surface area (Å²) in [5.74, 6) is 0.435. The van der Waals surface area contributed by atoms with Crippen molar-refractivity contribution in [1.29, 1.82) is 0 Å². The molecular weight excluding hydrogens is 310 g/mol. The monoisotopic (exact) mass is 333 g/mol. The van der Waals surface area contributed by atoms with Gasteiger partial charge in [0.15, 0.2) is 0 Å². The summed E-state index contributed by atoms with van der Waals surface area (Å²) < 4.78 is 27.7. The van der Waals surface area contributed by atoms with Crippen LogP contribution < -0.4 is 5.32 Å². The van der Waals surface area contributed by atoms with Gasteiger partial charge in [0.25, 0.3) is 0 Å². The average Bonchev–Trinajstić information content (AvgIpc) is 2.42. The van der Waals surface area contributed by atoms with Crippen molar-refractivity contribution < 1.29 is 13.2 Å². The number of methoxy groups -OCH3 is 1. The predicted molar refractivity (Wildman–Crippen MR) is 87.7 cm³/mol. The third-order valence-corrected chi connectivity index (χ3v) is 4.63. The first-order chi connectivity index (χ1) is 9.92. The molecule has 1 rings (SSSR count). The van der Waals surface area contributed by atoms with Crippen LogP contribution in [-0.2, 0) is 21.0 Å². The molecule has 0 amide bonds. The van der Waals surface area contributed by atoms with Crippen molar-refractivity contribution in [3.8, 4) is 0 Å². The van der Waals surface area contributed by atoms with Crippen molar-refractivity contribution >= 4 is 21.4 Å². The molecule has 0 aliphatic rings. The van der Waals surface area contributed by atoms with Crippen LogP contribution >= 0.6 is 11.6 Å². The van der Waals surface area contributed by atoms with Gasteiger partial charge in [-0.05, 0) is 36.9 Å². The standard InChI is InChI=1S/C15H24ClNO3S/c1-20-9-8-17-12-13(7-10-21(2,18)19)11-14-5-3-4-6-15(14)16/h3-6,13,17H,7-12H2,1-2H3. The quantitative estimate of drug-likeness (QED) is 0.667. The minimum atomic E-state index is -2.94. The van der Waals surface area contributed by atoms with E-state index in [9.17, 15) is 8.42 Å². The zero-order valence-corrected chi connectivity index (χ0v) is 14.2. The lowest BCUT2D eigenvalue weighted by atomic mass is 9.96. The van der Waals surface area contributed by atoms with Gasteiger partial charge >= 0.3 is 0 Å². The SMILES string of the molecule is COCCNCC(CCS(C)(=O)=O)Cc1ccccc1Cl. The van der Waals surface area contributed by atoms with Crippen molar-refractivity contribution in [2.45, 2.75) is 12.8 Å². The third kappa shape index (κ3) is 8.41. The fraction of sp³-hybridized carbons (Fsp3) is 0.600. The summed E-state index contributed by atoms with van der Waals surface area (Å²) in [5.41, 5.74) is 1.06. The molecule has 0 radical (unpaired) electrons. The molecule has 0 aromatic heterocycles. The van der Waals surface area contributed by atoms with E-state index in [2.05, 4.69) is 5.32 Å². The van der Waals surface area contributed by atoms with Crippen LogP contribution in [0.25, 0.3) is 0 Å². The molecule has 1 aromatic rings. The number of ether oxygens (including phenoxy) is 1. The first kappa shape index (κ1) is 18.4. The van der Waals surface area contributed by atoms with Crippen LogP contribution in [-0.4, -0.2) is 47.2 Å². The van der Waals surface area contributed by atoms with Crippen LogP contribution in [0.2, 0.25) is 5.02 Å². The lowest BCUT2D eigenvalue weighted by molar-refractivity contribution is 0.197. The second kappa shape index (κ2) is 9.41. The molecule has 21 heavy (non-hydrogen) atoms. The lowest BCUT2D eigenvalue weighted by Crippen LogP contribution is -2.28. The largest absolute Gasteiger partial charge is 0.383 e. The Kier molecular flexibility index (Phi) is 8.26. The van der Waals surface area contributed by atoms with Gasteiger partial charge in [-0.25, -0.2) is 8.42 Å². The normalized spacial score (nSPS) is 13.3. The van der Waals surface area contributed by atoms with Gasteiger partial charge < -0.3 is 10.1 Å². The smallest absolute Gasteiger partial charge is 0.147 e. The van der Waals surface area contributed by atoms with E-state index in [1.807, 2.05) is 24.3 Å². The van der Waals surface area contributed by atoms with Gasteiger partial charge in [0.2, 0.25) is 0 Å². The maximum absolute atomic E-state index is 11.4. The molecular formula is C15H24ClNO3S. The number of nitrogens with one attached hydrogen (secondary N) is 1. The molecule has 0 aliphatic carbocycles. The van der Waals surface area contributed by atoms with Crippen molar-refractivity contribution in [3.63, 3.8) is 0 Å². The first-order valence-corrected chi connectivity index (χ1v) is 9.47. The summed E-state index contributed by atoms with van der Waals surface area (Å²) in [6.45, 7) is 2.16. The maximum Gasteiger partial charge on any atom is 0.147 e. The fourth-order valence-corrected chi connectivity index (χ4v) is 3.09. The molecule has 0 aliphatic heterocycles. The van der Waals surface area contributed by atoms with Crippen LogP contribution in [0.15, 0.2) is 24.3 Å². The summed E-state index contributed by atoms with van der Waals surface area (Å²) in [4.78, 5) is 0. The second-order valence-electron chi connectivity index (χ2n) is 5.28. The average molecular weight is 334 g/mol. The molecule has 0 saturated heterocycles. The van der Waals surface area contributed by atoms with Crippen molar-refractivity contribution in [2.24, 2.45) is 5.92 Å². The molecule has 0 fully saturated rings. The first-order valence-electron chi connectivity index (χ1n) is 7.03. The van der Waals surface area contributed by atoms with Crippen LogP contribution in [0, 0.1) is 5.92 Å². The van der Waals surface area contributed by atoms with Gasteiger partial charge in [-0.15, -0.1) is 0 Å². The number of benzene rings is 1. The summed E-state index contributed by atoms with van der Waals surface area (Å²) in [5, 5.41) is 4.03.